The summed E-state index contributed by atoms with van der Waals surface area (Å²) in [5.41, 5.74) is 0.536. The summed E-state index contributed by atoms with van der Waals surface area (Å²) in [6.45, 7) is 5.07. The van der Waals surface area contributed by atoms with Gasteiger partial charge in [-0.25, -0.2) is 4.79 Å². The lowest BCUT2D eigenvalue weighted by molar-refractivity contribution is 0.101. The van der Waals surface area contributed by atoms with Gasteiger partial charge in [0.25, 0.3) is 0 Å². The number of aryl methyl sites for hydroxylation is 1. The number of ether oxygens (including phenoxy) is 1. The van der Waals surface area contributed by atoms with Crippen molar-refractivity contribution in [3.63, 3.8) is 0 Å². The molecule has 0 amide bonds. The molecule has 0 atom stereocenters. The van der Waals surface area contributed by atoms with Crippen LogP contribution < -0.4 is 10.4 Å². The van der Waals surface area contributed by atoms with Gasteiger partial charge in [-0.1, -0.05) is 19.1 Å². The van der Waals surface area contributed by atoms with Crippen molar-refractivity contribution in [3.05, 3.63) is 52.7 Å². The lowest BCUT2D eigenvalue weighted by Gasteiger charge is -2.09. The van der Waals surface area contributed by atoms with Gasteiger partial charge in [-0.2, -0.15) is 0 Å². The molecule has 0 aliphatic heterocycles. The van der Waals surface area contributed by atoms with Crippen molar-refractivity contribution in [2.45, 2.75) is 33.4 Å². The minimum atomic E-state index is -0.0307. The number of rotatable bonds is 7. The molecule has 0 radical (unpaired) electrons. The molecule has 1 aromatic heterocycles. The van der Waals surface area contributed by atoms with Crippen molar-refractivity contribution in [1.82, 2.24) is 9.13 Å². The molecule has 5 heteroatoms. The number of para-hydroxylation sites is 1. The fraction of sp³-hybridized carbons (Fsp3) is 0.375. The number of hydrogen-bond donors (Lipinski definition) is 0. The van der Waals surface area contributed by atoms with Crippen LogP contribution >= 0.6 is 0 Å². The summed E-state index contributed by atoms with van der Waals surface area (Å²) in [5, 5.41) is 0. The molecule has 0 saturated heterocycles. The number of nitrogens with zero attached hydrogens (tertiary/aromatic N) is 2. The van der Waals surface area contributed by atoms with E-state index in [1.807, 2.05) is 13.0 Å². The van der Waals surface area contributed by atoms with Crippen molar-refractivity contribution < 1.29 is 9.53 Å². The van der Waals surface area contributed by atoms with Gasteiger partial charge in [0, 0.05) is 18.9 Å². The average molecular weight is 288 g/mol. The van der Waals surface area contributed by atoms with Gasteiger partial charge in [-0.15, -0.1) is 0 Å². The summed E-state index contributed by atoms with van der Waals surface area (Å²) in [6.07, 6.45) is 4.47. The summed E-state index contributed by atoms with van der Waals surface area (Å²) in [6, 6.07) is 7.13. The van der Waals surface area contributed by atoms with Crippen LogP contribution in [0.4, 0.5) is 0 Å². The molecule has 0 unspecified atom stereocenters. The number of carbonyl (C=O) groups excluding carboxylic acids is 1. The number of Topliss-reactive ketones (excluding diaryl/α,β-unsaturated/α-hetero) is 1. The monoisotopic (exact) mass is 288 g/mol. The lowest BCUT2D eigenvalue weighted by Crippen LogP contribution is -2.26. The Morgan fingerprint density at radius 3 is 2.48 bits per heavy atom. The molecule has 2 rings (SSSR count). The van der Waals surface area contributed by atoms with Crippen molar-refractivity contribution in [2.24, 2.45) is 0 Å². The molecule has 112 valence electrons. The first-order valence-electron chi connectivity index (χ1n) is 7.11. The van der Waals surface area contributed by atoms with Gasteiger partial charge in [0.15, 0.2) is 5.78 Å². The molecule has 1 aromatic carbocycles. The second-order valence-corrected chi connectivity index (χ2v) is 4.87. The molecule has 2 aromatic rings. The van der Waals surface area contributed by atoms with E-state index in [1.165, 1.54) is 6.92 Å². The first kappa shape index (κ1) is 15.1. The second-order valence-electron chi connectivity index (χ2n) is 4.87. The van der Waals surface area contributed by atoms with Crippen LogP contribution in [0.25, 0.3) is 0 Å². The topological polar surface area (TPSA) is 53.2 Å². The van der Waals surface area contributed by atoms with Crippen LogP contribution in [0.2, 0.25) is 0 Å². The normalized spacial score (nSPS) is 10.6. The third-order valence-electron chi connectivity index (χ3n) is 3.24. The van der Waals surface area contributed by atoms with Crippen molar-refractivity contribution >= 4 is 5.78 Å². The fourth-order valence-electron chi connectivity index (χ4n) is 2.17. The van der Waals surface area contributed by atoms with E-state index in [4.69, 9.17) is 4.74 Å². The van der Waals surface area contributed by atoms with Crippen LogP contribution in [0.5, 0.6) is 5.75 Å². The van der Waals surface area contributed by atoms with Gasteiger partial charge in [0.05, 0.1) is 12.1 Å². The van der Waals surface area contributed by atoms with Gasteiger partial charge in [0.1, 0.15) is 12.4 Å². The van der Waals surface area contributed by atoms with Gasteiger partial charge < -0.3 is 4.74 Å². The standard InChI is InChI=1S/C16H20N2O3/c1-3-8-17-9-10-18(16(17)20)11-12-21-15-7-5-4-6-14(15)13(2)19/h4-7,9-10H,3,8,11-12H2,1-2H3. The van der Waals surface area contributed by atoms with E-state index in [9.17, 15) is 9.59 Å². The highest BCUT2D eigenvalue weighted by Crippen LogP contribution is 2.18. The van der Waals surface area contributed by atoms with Gasteiger partial charge in [-0.05, 0) is 25.5 Å². The number of imidazole rings is 1. The fourth-order valence-corrected chi connectivity index (χ4v) is 2.17. The largest absolute Gasteiger partial charge is 0.491 e. The van der Waals surface area contributed by atoms with E-state index >= 15 is 0 Å². The molecule has 0 aliphatic rings. The van der Waals surface area contributed by atoms with Gasteiger partial charge in [0.2, 0.25) is 0 Å². The first-order chi connectivity index (χ1) is 10.1. The highest BCUT2D eigenvalue weighted by Gasteiger charge is 2.08. The number of hydrogen-bond acceptors (Lipinski definition) is 3. The van der Waals surface area contributed by atoms with Gasteiger partial charge >= 0.3 is 5.69 Å². The predicted octanol–water partition coefficient (Wildman–Crippen LogP) is 2.34. The maximum absolute atomic E-state index is 12.0. The molecule has 0 spiro atoms. The van der Waals surface area contributed by atoms with Crippen molar-refractivity contribution in [3.8, 4) is 5.75 Å². The third kappa shape index (κ3) is 3.62. The van der Waals surface area contributed by atoms with E-state index in [0.717, 1.165) is 13.0 Å². The van der Waals surface area contributed by atoms with E-state index in [0.29, 0.717) is 24.5 Å². The zero-order valence-corrected chi connectivity index (χ0v) is 12.4. The Morgan fingerprint density at radius 1 is 1.14 bits per heavy atom. The zero-order valence-electron chi connectivity index (χ0n) is 12.4. The summed E-state index contributed by atoms with van der Waals surface area (Å²) >= 11 is 0. The van der Waals surface area contributed by atoms with Crippen molar-refractivity contribution in [2.75, 3.05) is 6.61 Å². The lowest BCUT2D eigenvalue weighted by atomic mass is 10.1. The molecule has 0 saturated carbocycles. The second kappa shape index (κ2) is 6.92. The Morgan fingerprint density at radius 2 is 1.81 bits per heavy atom. The minimum Gasteiger partial charge on any atom is -0.491 e. The Kier molecular flexibility index (Phi) is 4.98. The molecule has 0 aliphatic carbocycles. The molecule has 0 bridgehead atoms. The summed E-state index contributed by atoms with van der Waals surface area (Å²) in [4.78, 5) is 23.5. The van der Waals surface area contributed by atoms with E-state index < -0.39 is 0 Å². The minimum absolute atomic E-state index is 0.0275. The van der Waals surface area contributed by atoms with Crippen LogP contribution in [0.3, 0.4) is 0 Å². The third-order valence-corrected chi connectivity index (χ3v) is 3.24. The Hall–Kier alpha value is -2.30. The van der Waals surface area contributed by atoms with Crippen LogP contribution in [0.1, 0.15) is 30.6 Å². The maximum atomic E-state index is 12.0. The first-order valence-corrected chi connectivity index (χ1v) is 7.11. The smallest absolute Gasteiger partial charge is 0.328 e. The molecule has 5 nitrogen and oxygen atoms in total. The summed E-state index contributed by atoms with van der Waals surface area (Å²) < 4.78 is 8.94. The van der Waals surface area contributed by atoms with Gasteiger partial charge in [-0.3, -0.25) is 13.9 Å². The zero-order chi connectivity index (χ0) is 15.2. The van der Waals surface area contributed by atoms with Crippen LogP contribution in [-0.4, -0.2) is 21.5 Å². The number of aromatic nitrogens is 2. The highest BCUT2D eigenvalue weighted by atomic mass is 16.5. The summed E-state index contributed by atoms with van der Waals surface area (Å²) in [5.74, 6) is 0.530. The Labute approximate surface area is 123 Å². The number of benzene rings is 1. The van der Waals surface area contributed by atoms with Crippen LogP contribution in [0.15, 0.2) is 41.5 Å². The van der Waals surface area contributed by atoms with E-state index in [-0.39, 0.29) is 11.5 Å². The van der Waals surface area contributed by atoms with E-state index in [1.54, 1.807) is 39.7 Å². The Balaban J connectivity index is 1.99. The highest BCUT2D eigenvalue weighted by molar-refractivity contribution is 5.96. The number of ketones is 1. The maximum Gasteiger partial charge on any atom is 0.328 e. The summed E-state index contributed by atoms with van der Waals surface area (Å²) in [7, 11) is 0. The molecular formula is C16H20N2O3. The SMILES string of the molecule is CCCn1ccn(CCOc2ccccc2C(C)=O)c1=O. The molecule has 0 fully saturated rings. The van der Waals surface area contributed by atoms with Crippen LogP contribution in [-0.2, 0) is 13.1 Å². The molecule has 1 heterocycles. The molecular weight excluding hydrogens is 268 g/mol. The molecule has 21 heavy (non-hydrogen) atoms. The Bertz CT molecular complexity index is 670. The van der Waals surface area contributed by atoms with Crippen molar-refractivity contribution in [1.29, 1.82) is 0 Å². The predicted molar refractivity (Wildman–Crippen MR) is 80.9 cm³/mol. The quantitative estimate of drug-likeness (QED) is 0.735. The number of carbonyl (C=O) groups is 1. The van der Waals surface area contributed by atoms with E-state index in [2.05, 4.69) is 0 Å². The molecule has 0 N–H and O–H groups in total. The average Bonchev–Trinajstić information content (AvgIpc) is 2.81. The van der Waals surface area contributed by atoms with Crippen LogP contribution in [0, 0.1) is 0 Å².